The third-order valence-corrected chi connectivity index (χ3v) is 7.21. The quantitative estimate of drug-likeness (QED) is 0.313. The van der Waals surface area contributed by atoms with E-state index in [9.17, 15) is 9.90 Å². The fourth-order valence-electron chi connectivity index (χ4n) is 4.88. The average molecular weight is 505 g/mol. The topological polar surface area (TPSA) is 146 Å². The summed E-state index contributed by atoms with van der Waals surface area (Å²) in [5.74, 6) is 0.338. The molecule has 5 rings (SSSR count). The first-order valence-corrected chi connectivity index (χ1v) is 12.4. The van der Waals surface area contributed by atoms with E-state index in [2.05, 4.69) is 37.1 Å². The Kier molecular flexibility index (Phi) is 6.55. The number of anilines is 1. The minimum absolute atomic E-state index is 0.271. The van der Waals surface area contributed by atoms with Gasteiger partial charge in [0, 0.05) is 30.4 Å². The number of nitrogens with one attached hydrogen (secondary N) is 1. The van der Waals surface area contributed by atoms with Crippen molar-refractivity contribution < 1.29 is 14.6 Å². The Hall–Kier alpha value is -3.99. The highest BCUT2D eigenvalue weighted by atomic mass is 16.5. The first-order chi connectivity index (χ1) is 17.8. The van der Waals surface area contributed by atoms with Crippen molar-refractivity contribution in [2.75, 3.05) is 18.8 Å². The van der Waals surface area contributed by atoms with Crippen molar-refractivity contribution in [1.29, 1.82) is 0 Å². The highest BCUT2D eigenvalue weighted by Gasteiger charge is 2.28. The summed E-state index contributed by atoms with van der Waals surface area (Å²) in [5.41, 5.74) is 10.3. The van der Waals surface area contributed by atoms with E-state index in [1.807, 2.05) is 24.3 Å². The van der Waals surface area contributed by atoms with E-state index < -0.39 is 11.4 Å². The van der Waals surface area contributed by atoms with Gasteiger partial charge in [-0.3, -0.25) is 4.79 Å². The largest absolute Gasteiger partial charge is 0.487 e. The van der Waals surface area contributed by atoms with Crippen LogP contribution in [0.3, 0.4) is 0 Å². The Morgan fingerprint density at radius 2 is 2.05 bits per heavy atom. The summed E-state index contributed by atoms with van der Waals surface area (Å²) in [6, 6.07) is 8.22. The summed E-state index contributed by atoms with van der Waals surface area (Å²) in [6.45, 7) is 8.12. The molecule has 1 saturated heterocycles. The van der Waals surface area contributed by atoms with Gasteiger partial charge in [0.1, 0.15) is 30.1 Å². The van der Waals surface area contributed by atoms with Crippen molar-refractivity contribution in [3.8, 4) is 16.9 Å². The van der Waals surface area contributed by atoms with Crippen molar-refractivity contribution in [2.45, 2.75) is 52.8 Å². The molecule has 0 saturated carbocycles. The number of nitrogen functional groups attached to an aromatic ring is 1. The second-order valence-electron chi connectivity index (χ2n) is 10.1. The number of carbonyl (C=O) groups is 1. The molecule has 1 aliphatic rings. The fraction of sp³-hybridized carbons (Fsp3) is 0.423. The lowest BCUT2D eigenvalue weighted by Crippen LogP contribution is -2.26. The molecule has 1 aromatic carbocycles. The van der Waals surface area contributed by atoms with Crippen LogP contribution in [0.4, 0.5) is 5.82 Å². The van der Waals surface area contributed by atoms with Gasteiger partial charge in [0.15, 0.2) is 0 Å². The molecule has 1 fully saturated rings. The minimum Gasteiger partial charge on any atom is -0.487 e. The Morgan fingerprint density at radius 1 is 1.27 bits per heavy atom. The molecule has 11 nitrogen and oxygen atoms in total. The van der Waals surface area contributed by atoms with Gasteiger partial charge in [-0.15, -0.1) is 5.10 Å². The Balaban J connectivity index is 1.35. The van der Waals surface area contributed by atoms with Gasteiger partial charge in [-0.05, 0) is 57.9 Å². The molecule has 1 atom stereocenters. The number of carboxylic acids is 1. The number of nitrogens with zero attached hydrogens (tertiary/aromatic N) is 6. The SMILES string of the molecule is Cc1c(-c2ccc(OCc3cnnn3CCC(C)(C)C(=O)O)cc2)c2c(N)ncnc2n1[C@@H]1CCNC1. The summed E-state index contributed by atoms with van der Waals surface area (Å²) in [6.07, 6.45) is 4.64. The van der Waals surface area contributed by atoms with Crippen LogP contribution < -0.4 is 15.8 Å². The van der Waals surface area contributed by atoms with Crippen molar-refractivity contribution in [3.05, 3.63) is 48.2 Å². The molecular formula is C26H32N8O3. The van der Waals surface area contributed by atoms with E-state index in [0.29, 0.717) is 30.6 Å². The molecule has 4 N–H and O–H groups in total. The second kappa shape index (κ2) is 9.81. The van der Waals surface area contributed by atoms with E-state index in [1.54, 1.807) is 24.7 Å². The van der Waals surface area contributed by atoms with Gasteiger partial charge in [0.2, 0.25) is 0 Å². The number of fused-ring (bicyclic) bond motifs is 1. The number of hydrogen-bond donors (Lipinski definition) is 3. The van der Waals surface area contributed by atoms with Crippen LogP contribution in [0.25, 0.3) is 22.2 Å². The van der Waals surface area contributed by atoms with E-state index in [0.717, 1.165) is 53.1 Å². The number of nitrogens with two attached hydrogens (primary N) is 1. The van der Waals surface area contributed by atoms with Gasteiger partial charge in [0.25, 0.3) is 0 Å². The number of aromatic nitrogens is 6. The van der Waals surface area contributed by atoms with Crippen molar-refractivity contribution in [2.24, 2.45) is 5.41 Å². The van der Waals surface area contributed by atoms with Gasteiger partial charge in [-0.25, -0.2) is 14.6 Å². The van der Waals surface area contributed by atoms with E-state index in [1.165, 1.54) is 6.33 Å². The van der Waals surface area contributed by atoms with Gasteiger partial charge < -0.3 is 25.5 Å². The third kappa shape index (κ3) is 4.74. The van der Waals surface area contributed by atoms with Crippen LogP contribution in [-0.4, -0.2) is 53.7 Å². The van der Waals surface area contributed by atoms with Crippen LogP contribution in [0.1, 0.15) is 44.1 Å². The van der Waals surface area contributed by atoms with Crippen LogP contribution in [0.2, 0.25) is 0 Å². The molecule has 4 heterocycles. The van der Waals surface area contributed by atoms with Gasteiger partial charge in [0.05, 0.1) is 22.7 Å². The monoisotopic (exact) mass is 504 g/mol. The van der Waals surface area contributed by atoms with Crippen LogP contribution in [0, 0.1) is 12.3 Å². The number of aryl methyl sites for hydroxylation is 1. The van der Waals surface area contributed by atoms with Crippen LogP contribution >= 0.6 is 0 Å². The lowest BCUT2D eigenvalue weighted by atomic mass is 9.90. The molecule has 0 aliphatic carbocycles. The summed E-state index contributed by atoms with van der Waals surface area (Å²) >= 11 is 0. The zero-order valence-electron chi connectivity index (χ0n) is 21.3. The lowest BCUT2D eigenvalue weighted by Gasteiger charge is -2.19. The molecule has 0 unspecified atom stereocenters. The second-order valence-corrected chi connectivity index (χ2v) is 10.1. The summed E-state index contributed by atoms with van der Waals surface area (Å²) < 4.78 is 9.99. The Bertz CT molecular complexity index is 1420. The first-order valence-electron chi connectivity index (χ1n) is 12.4. The average Bonchev–Trinajstić information content (AvgIpc) is 3.61. The van der Waals surface area contributed by atoms with Crippen LogP contribution in [0.15, 0.2) is 36.8 Å². The Morgan fingerprint density at radius 3 is 2.76 bits per heavy atom. The molecule has 4 aromatic rings. The Labute approximate surface area is 214 Å². The number of hydrogen-bond acceptors (Lipinski definition) is 8. The number of rotatable bonds is 9. The van der Waals surface area contributed by atoms with Crippen molar-refractivity contribution in [1.82, 2.24) is 34.8 Å². The van der Waals surface area contributed by atoms with Crippen LogP contribution in [0.5, 0.6) is 5.75 Å². The smallest absolute Gasteiger partial charge is 0.309 e. The van der Waals surface area contributed by atoms with Gasteiger partial charge in [-0.1, -0.05) is 17.3 Å². The maximum atomic E-state index is 11.4. The highest BCUT2D eigenvalue weighted by molar-refractivity contribution is 6.02. The molecule has 194 valence electrons. The molecule has 0 bridgehead atoms. The molecule has 1 aliphatic heterocycles. The van der Waals surface area contributed by atoms with E-state index >= 15 is 0 Å². The number of carboxylic acid groups (broad SMARTS) is 1. The molecule has 11 heteroatoms. The summed E-state index contributed by atoms with van der Waals surface area (Å²) in [4.78, 5) is 20.3. The number of aliphatic carboxylic acids is 1. The summed E-state index contributed by atoms with van der Waals surface area (Å²) in [7, 11) is 0. The zero-order valence-corrected chi connectivity index (χ0v) is 21.3. The predicted molar refractivity (Wildman–Crippen MR) is 139 cm³/mol. The fourth-order valence-corrected chi connectivity index (χ4v) is 4.88. The zero-order chi connectivity index (χ0) is 26.2. The normalized spacial score (nSPS) is 15.9. The van der Waals surface area contributed by atoms with Gasteiger partial charge in [-0.2, -0.15) is 0 Å². The first kappa shape index (κ1) is 24.7. The van der Waals surface area contributed by atoms with E-state index in [4.69, 9.17) is 10.5 Å². The number of benzene rings is 1. The van der Waals surface area contributed by atoms with Gasteiger partial charge >= 0.3 is 5.97 Å². The standard InChI is InChI=1S/C26H32N8O3/c1-16-21(22-23(27)29-15-30-24(22)34(16)18-8-10-28-12-18)17-4-6-20(7-5-17)37-14-19-13-31-32-33(19)11-9-26(2,3)25(35)36/h4-7,13,15,18,28H,8-12,14H2,1-3H3,(H,35,36)(H2,27,29,30)/t18-/m1/s1. The van der Waals surface area contributed by atoms with Crippen molar-refractivity contribution >= 4 is 22.8 Å². The highest BCUT2D eigenvalue weighted by Crippen LogP contribution is 2.39. The molecule has 0 radical (unpaired) electrons. The third-order valence-electron chi connectivity index (χ3n) is 7.21. The molecule has 3 aromatic heterocycles. The van der Waals surface area contributed by atoms with Crippen LogP contribution in [-0.2, 0) is 17.9 Å². The molecule has 0 spiro atoms. The maximum absolute atomic E-state index is 11.4. The lowest BCUT2D eigenvalue weighted by molar-refractivity contribution is -0.147. The molecular weight excluding hydrogens is 472 g/mol. The molecule has 37 heavy (non-hydrogen) atoms. The van der Waals surface area contributed by atoms with E-state index in [-0.39, 0.29) is 6.61 Å². The van der Waals surface area contributed by atoms with Crippen molar-refractivity contribution in [3.63, 3.8) is 0 Å². The minimum atomic E-state index is -0.843. The number of ether oxygens (including phenoxy) is 1. The molecule has 0 amide bonds. The maximum Gasteiger partial charge on any atom is 0.309 e. The summed E-state index contributed by atoms with van der Waals surface area (Å²) in [5, 5.41) is 21.7. The predicted octanol–water partition coefficient (Wildman–Crippen LogP) is 3.19.